The number of unbranched alkanes of at least 4 members (excludes halogenated alkanes) is 3. The van der Waals surface area contributed by atoms with Crippen LogP contribution in [0.4, 0.5) is 11.8 Å². The lowest BCUT2D eigenvalue weighted by molar-refractivity contribution is -0.133. The van der Waals surface area contributed by atoms with Crippen molar-refractivity contribution in [3.05, 3.63) is 12.3 Å². The maximum absolute atomic E-state index is 12.8. The van der Waals surface area contributed by atoms with Crippen LogP contribution < -0.4 is 10.2 Å². The van der Waals surface area contributed by atoms with E-state index < -0.39 is 0 Å². The number of hydrogen-bond acceptors (Lipinski definition) is 6. The third kappa shape index (κ3) is 7.30. The number of amides is 1. The van der Waals surface area contributed by atoms with Gasteiger partial charge in [-0.25, -0.2) is 4.98 Å². The van der Waals surface area contributed by atoms with E-state index in [2.05, 4.69) is 38.0 Å². The van der Waals surface area contributed by atoms with Crippen molar-refractivity contribution in [2.75, 3.05) is 49.5 Å². The van der Waals surface area contributed by atoms with E-state index in [-0.39, 0.29) is 0 Å². The first-order valence-electron chi connectivity index (χ1n) is 14.1. The Labute approximate surface area is 206 Å². The highest BCUT2D eigenvalue weighted by atomic mass is 16.2. The van der Waals surface area contributed by atoms with Gasteiger partial charge in [-0.3, -0.25) is 9.69 Å². The molecule has 1 N–H and O–H groups in total. The molecule has 34 heavy (non-hydrogen) atoms. The molecule has 4 rings (SSSR count). The van der Waals surface area contributed by atoms with Crippen LogP contribution in [0, 0.1) is 0 Å². The summed E-state index contributed by atoms with van der Waals surface area (Å²) in [7, 11) is 0. The maximum Gasteiger partial charge on any atom is 0.224 e. The summed E-state index contributed by atoms with van der Waals surface area (Å²) in [5.74, 6) is 2.19. The summed E-state index contributed by atoms with van der Waals surface area (Å²) in [6, 6.07) is 2.91. The zero-order chi connectivity index (χ0) is 23.6. The van der Waals surface area contributed by atoms with Gasteiger partial charge < -0.3 is 15.1 Å². The lowest BCUT2D eigenvalue weighted by atomic mass is 9.98. The lowest BCUT2D eigenvalue weighted by Gasteiger charge is -2.43. The summed E-state index contributed by atoms with van der Waals surface area (Å²) >= 11 is 0. The Balaban J connectivity index is 1.28. The van der Waals surface area contributed by atoms with Crippen LogP contribution in [-0.4, -0.2) is 77.0 Å². The van der Waals surface area contributed by atoms with Crippen LogP contribution in [0.15, 0.2) is 12.3 Å². The highest BCUT2D eigenvalue weighted by Gasteiger charge is 2.31. The molecule has 3 aliphatic heterocycles. The van der Waals surface area contributed by atoms with E-state index in [1.165, 1.54) is 57.8 Å². The Morgan fingerprint density at radius 1 is 0.971 bits per heavy atom. The van der Waals surface area contributed by atoms with Gasteiger partial charge in [0.2, 0.25) is 11.9 Å². The monoisotopic (exact) mass is 470 g/mol. The number of aromatic nitrogens is 2. The van der Waals surface area contributed by atoms with Gasteiger partial charge in [-0.15, -0.1) is 0 Å². The third-order valence-electron chi connectivity index (χ3n) is 7.87. The van der Waals surface area contributed by atoms with Gasteiger partial charge in [0.15, 0.2) is 0 Å². The van der Waals surface area contributed by atoms with E-state index in [4.69, 9.17) is 4.98 Å². The molecular formula is C27H46N6O. The predicted molar refractivity (Wildman–Crippen MR) is 139 cm³/mol. The molecular weight excluding hydrogens is 424 g/mol. The fourth-order valence-corrected chi connectivity index (χ4v) is 5.87. The van der Waals surface area contributed by atoms with Gasteiger partial charge in [0, 0.05) is 57.4 Å². The van der Waals surface area contributed by atoms with Crippen LogP contribution in [0.3, 0.4) is 0 Å². The van der Waals surface area contributed by atoms with E-state index in [1.54, 1.807) is 0 Å². The summed E-state index contributed by atoms with van der Waals surface area (Å²) in [6.07, 6.45) is 17.1. The zero-order valence-electron chi connectivity index (χ0n) is 21.4. The topological polar surface area (TPSA) is 64.6 Å². The highest BCUT2D eigenvalue weighted by Crippen LogP contribution is 2.24. The zero-order valence-corrected chi connectivity index (χ0v) is 21.4. The molecule has 0 saturated carbocycles. The minimum Gasteiger partial charge on any atom is -0.356 e. The number of rotatable bonds is 9. The first-order chi connectivity index (χ1) is 16.7. The number of piperidine rings is 2. The molecule has 1 aromatic heterocycles. The van der Waals surface area contributed by atoms with Crippen LogP contribution in [0.25, 0.3) is 0 Å². The summed E-state index contributed by atoms with van der Waals surface area (Å²) < 4.78 is 0. The molecule has 190 valence electrons. The number of anilines is 2. The van der Waals surface area contributed by atoms with Gasteiger partial charge in [-0.05, 0) is 57.6 Å². The first-order valence-corrected chi connectivity index (χ1v) is 14.1. The van der Waals surface area contributed by atoms with Crippen LogP contribution in [-0.2, 0) is 4.79 Å². The molecule has 1 amide bonds. The molecule has 1 aromatic rings. The Morgan fingerprint density at radius 3 is 2.62 bits per heavy atom. The van der Waals surface area contributed by atoms with Gasteiger partial charge in [0.05, 0.1) is 0 Å². The Kier molecular flexibility index (Phi) is 9.84. The molecule has 0 bridgehead atoms. The molecule has 7 nitrogen and oxygen atoms in total. The van der Waals surface area contributed by atoms with Crippen molar-refractivity contribution in [1.82, 2.24) is 19.8 Å². The van der Waals surface area contributed by atoms with Crippen LogP contribution >= 0.6 is 0 Å². The van der Waals surface area contributed by atoms with Crippen LogP contribution in [0.2, 0.25) is 0 Å². The van der Waals surface area contributed by atoms with Crippen molar-refractivity contribution in [1.29, 1.82) is 0 Å². The van der Waals surface area contributed by atoms with Gasteiger partial charge in [0.25, 0.3) is 0 Å². The first kappa shape index (κ1) is 25.2. The number of nitrogens with one attached hydrogen (secondary N) is 1. The number of hydrogen-bond donors (Lipinski definition) is 1. The molecule has 0 radical (unpaired) electrons. The third-order valence-corrected chi connectivity index (χ3v) is 7.87. The molecule has 4 heterocycles. The van der Waals surface area contributed by atoms with E-state index >= 15 is 0 Å². The molecule has 3 fully saturated rings. The van der Waals surface area contributed by atoms with E-state index in [1.807, 2.05) is 6.20 Å². The molecule has 3 saturated heterocycles. The minimum atomic E-state index is 0.367. The van der Waals surface area contributed by atoms with E-state index in [0.717, 1.165) is 76.7 Å². The van der Waals surface area contributed by atoms with E-state index in [0.29, 0.717) is 18.0 Å². The number of carbonyl (C=O) groups excluding carboxylic acids is 1. The van der Waals surface area contributed by atoms with Gasteiger partial charge in [-0.1, -0.05) is 39.0 Å². The fraction of sp³-hybridized carbons (Fsp3) is 0.815. The Hall–Kier alpha value is -1.89. The Bertz CT molecular complexity index is 750. The lowest BCUT2D eigenvalue weighted by Crippen LogP contribution is -2.54. The molecule has 0 aromatic carbocycles. The van der Waals surface area contributed by atoms with Crippen molar-refractivity contribution in [3.63, 3.8) is 0 Å². The summed E-state index contributed by atoms with van der Waals surface area (Å²) in [6.45, 7) is 8.41. The fourth-order valence-electron chi connectivity index (χ4n) is 5.87. The molecule has 2 unspecified atom stereocenters. The molecule has 3 aliphatic rings. The number of nitrogens with zero attached hydrogens (tertiary/aromatic N) is 5. The average Bonchev–Trinajstić information content (AvgIpc) is 3.17. The molecule has 7 heteroatoms. The van der Waals surface area contributed by atoms with Crippen molar-refractivity contribution >= 4 is 17.7 Å². The van der Waals surface area contributed by atoms with E-state index in [9.17, 15) is 4.79 Å². The molecule has 2 atom stereocenters. The molecule has 0 aliphatic carbocycles. The highest BCUT2D eigenvalue weighted by molar-refractivity contribution is 5.76. The van der Waals surface area contributed by atoms with Gasteiger partial charge in [-0.2, -0.15) is 4.98 Å². The SMILES string of the molecule is CCCCCCC(=O)N1CCCC(N2CCCC(Nc3nccc(N4CCCCCC4)n3)C2)C1. The summed E-state index contributed by atoms with van der Waals surface area (Å²) in [5.41, 5.74) is 0. The number of likely N-dealkylation sites (tertiary alicyclic amines) is 2. The average molecular weight is 471 g/mol. The van der Waals surface area contributed by atoms with Crippen LogP contribution in [0.5, 0.6) is 0 Å². The summed E-state index contributed by atoms with van der Waals surface area (Å²) in [4.78, 5) is 29.4. The number of carbonyl (C=O) groups is 1. The van der Waals surface area contributed by atoms with Crippen molar-refractivity contribution in [2.45, 2.75) is 102 Å². The van der Waals surface area contributed by atoms with Gasteiger partial charge in [0.1, 0.15) is 5.82 Å². The predicted octanol–water partition coefficient (Wildman–Crippen LogP) is 4.69. The molecule has 0 spiro atoms. The normalized spacial score (nSPS) is 24.6. The van der Waals surface area contributed by atoms with Crippen molar-refractivity contribution < 1.29 is 4.79 Å². The second-order valence-corrected chi connectivity index (χ2v) is 10.6. The van der Waals surface area contributed by atoms with Gasteiger partial charge >= 0.3 is 0 Å². The maximum atomic E-state index is 12.8. The van der Waals surface area contributed by atoms with Crippen LogP contribution in [0.1, 0.15) is 90.4 Å². The van der Waals surface area contributed by atoms with Crippen molar-refractivity contribution in [2.24, 2.45) is 0 Å². The Morgan fingerprint density at radius 2 is 1.79 bits per heavy atom. The standard InChI is InChI=1S/C27H46N6O/c1-2-3-4-7-14-26(34)33-20-11-13-24(22-33)32-19-10-12-23(21-32)29-27-28-16-15-25(30-27)31-17-8-5-6-9-18-31/h15-16,23-24H,2-14,17-22H2,1H3,(H,28,29,30). The minimum absolute atomic E-state index is 0.367. The quantitative estimate of drug-likeness (QED) is 0.528. The smallest absolute Gasteiger partial charge is 0.224 e. The second kappa shape index (κ2) is 13.3. The van der Waals surface area contributed by atoms with Crippen molar-refractivity contribution in [3.8, 4) is 0 Å². The summed E-state index contributed by atoms with van der Waals surface area (Å²) in [5, 5.41) is 3.65. The second-order valence-electron chi connectivity index (χ2n) is 10.6. The largest absolute Gasteiger partial charge is 0.356 e.